The zero-order valence-corrected chi connectivity index (χ0v) is 17.9. The van der Waals surface area contributed by atoms with E-state index < -0.39 is 0 Å². The van der Waals surface area contributed by atoms with Crippen molar-refractivity contribution in [2.75, 3.05) is 80.3 Å². The summed E-state index contributed by atoms with van der Waals surface area (Å²) in [6.45, 7) is 7.88. The molecule has 0 spiro atoms. The van der Waals surface area contributed by atoms with Crippen LogP contribution in [0.1, 0.15) is 19.3 Å². The number of aromatic nitrogens is 2. The Hall–Kier alpha value is -2.74. The predicted octanol–water partition coefficient (Wildman–Crippen LogP) is 2.29. The lowest BCUT2D eigenvalue weighted by atomic mass is 10.1. The van der Waals surface area contributed by atoms with Gasteiger partial charge in [-0.05, 0) is 50.2 Å². The molecule has 8 heteroatoms. The first-order valence-electron chi connectivity index (χ1n) is 11.0. The lowest BCUT2D eigenvalue weighted by molar-refractivity contribution is 0.237. The summed E-state index contributed by atoms with van der Waals surface area (Å²) in [5.41, 5.74) is 8.30. The molecule has 0 aliphatic carbocycles. The maximum Gasteiger partial charge on any atom is 0.157 e. The lowest BCUT2D eigenvalue weighted by Gasteiger charge is -2.37. The van der Waals surface area contributed by atoms with Gasteiger partial charge < -0.3 is 30.5 Å². The Labute approximate surface area is 179 Å². The Morgan fingerprint density at radius 3 is 2.33 bits per heavy atom. The molecule has 162 valence electrons. The number of nitrogen functional groups attached to an aromatic ring is 1. The topological polar surface area (TPSA) is 82.8 Å². The van der Waals surface area contributed by atoms with Crippen molar-refractivity contribution in [2.45, 2.75) is 19.3 Å². The van der Waals surface area contributed by atoms with E-state index in [2.05, 4.69) is 42.1 Å². The second kappa shape index (κ2) is 9.84. The maximum atomic E-state index is 6.44. The van der Waals surface area contributed by atoms with Gasteiger partial charge in [-0.1, -0.05) is 6.42 Å². The van der Waals surface area contributed by atoms with Crippen LogP contribution < -0.4 is 25.6 Å². The molecule has 1 aromatic carbocycles. The molecule has 0 amide bonds. The summed E-state index contributed by atoms with van der Waals surface area (Å²) in [5, 5.41) is 3.42. The molecule has 0 saturated carbocycles. The van der Waals surface area contributed by atoms with Gasteiger partial charge in [0, 0.05) is 45.0 Å². The minimum Gasteiger partial charge on any atom is -0.497 e. The van der Waals surface area contributed by atoms with Crippen LogP contribution in [0.4, 0.5) is 23.0 Å². The zero-order valence-electron chi connectivity index (χ0n) is 17.9. The predicted molar refractivity (Wildman–Crippen MR) is 123 cm³/mol. The van der Waals surface area contributed by atoms with Crippen LogP contribution in [0.15, 0.2) is 30.6 Å². The minimum atomic E-state index is 0.647. The van der Waals surface area contributed by atoms with Gasteiger partial charge in [-0.15, -0.1) is 0 Å². The third-order valence-electron chi connectivity index (χ3n) is 6.05. The van der Waals surface area contributed by atoms with E-state index in [4.69, 9.17) is 10.5 Å². The second-order valence-corrected chi connectivity index (χ2v) is 7.96. The minimum absolute atomic E-state index is 0.647. The Bertz CT molecular complexity index is 800. The molecule has 2 saturated heterocycles. The monoisotopic (exact) mass is 411 g/mol. The number of rotatable bonds is 7. The number of methoxy groups -OCH3 is 1. The van der Waals surface area contributed by atoms with Gasteiger partial charge in [0.05, 0.1) is 7.11 Å². The molecule has 0 atom stereocenters. The fourth-order valence-corrected chi connectivity index (χ4v) is 4.26. The lowest BCUT2D eigenvalue weighted by Crippen LogP contribution is -2.47. The highest BCUT2D eigenvalue weighted by Gasteiger charge is 2.21. The summed E-state index contributed by atoms with van der Waals surface area (Å²) in [4.78, 5) is 16.0. The molecule has 0 bridgehead atoms. The van der Waals surface area contributed by atoms with E-state index in [1.165, 1.54) is 38.0 Å². The van der Waals surface area contributed by atoms with Crippen molar-refractivity contribution in [2.24, 2.45) is 0 Å². The largest absolute Gasteiger partial charge is 0.497 e. The first-order valence-corrected chi connectivity index (χ1v) is 11.0. The van der Waals surface area contributed by atoms with E-state index in [-0.39, 0.29) is 0 Å². The van der Waals surface area contributed by atoms with Crippen molar-refractivity contribution in [3.05, 3.63) is 30.6 Å². The zero-order chi connectivity index (χ0) is 20.8. The molecular formula is C22H33N7O. The summed E-state index contributed by atoms with van der Waals surface area (Å²) in [6, 6.07) is 8.23. The van der Waals surface area contributed by atoms with Crippen LogP contribution >= 0.6 is 0 Å². The number of nitrogens with zero attached hydrogens (tertiary/aromatic N) is 5. The standard InChI is InChI=1S/C22H33N7O/c1-30-19-7-5-18(6-8-19)28-13-15-29(16-14-28)22-20(23)21(25-17-26-22)24-9-12-27-10-3-2-4-11-27/h5-8,17H,2-4,9-16,23H2,1H3,(H,24,25,26). The van der Waals surface area contributed by atoms with Gasteiger partial charge in [0.15, 0.2) is 11.6 Å². The third-order valence-corrected chi connectivity index (χ3v) is 6.05. The van der Waals surface area contributed by atoms with E-state index in [1.54, 1.807) is 13.4 Å². The number of hydrogen-bond acceptors (Lipinski definition) is 8. The number of hydrogen-bond donors (Lipinski definition) is 2. The molecule has 30 heavy (non-hydrogen) atoms. The van der Waals surface area contributed by atoms with Crippen LogP contribution in [0, 0.1) is 0 Å². The van der Waals surface area contributed by atoms with Gasteiger partial charge in [-0.25, -0.2) is 9.97 Å². The molecule has 2 aromatic rings. The van der Waals surface area contributed by atoms with E-state index in [9.17, 15) is 0 Å². The number of nitrogens with two attached hydrogens (primary N) is 1. The van der Waals surface area contributed by atoms with Crippen LogP contribution in [0.3, 0.4) is 0 Å². The normalized spacial score (nSPS) is 17.8. The summed E-state index contributed by atoms with van der Waals surface area (Å²) < 4.78 is 5.25. The molecule has 8 nitrogen and oxygen atoms in total. The van der Waals surface area contributed by atoms with Crippen molar-refractivity contribution in [3.8, 4) is 5.75 Å². The number of ether oxygens (including phenoxy) is 1. The van der Waals surface area contributed by atoms with Crippen LogP contribution in [0.25, 0.3) is 0 Å². The molecule has 3 heterocycles. The quantitative estimate of drug-likeness (QED) is 0.718. The van der Waals surface area contributed by atoms with Crippen LogP contribution in [0.2, 0.25) is 0 Å². The average Bonchev–Trinajstić information content (AvgIpc) is 2.81. The SMILES string of the molecule is COc1ccc(N2CCN(c3ncnc(NCCN4CCCCC4)c3N)CC2)cc1. The Morgan fingerprint density at radius 1 is 0.933 bits per heavy atom. The van der Waals surface area contributed by atoms with Crippen molar-refractivity contribution >= 4 is 23.0 Å². The van der Waals surface area contributed by atoms with Crippen LogP contribution in [-0.4, -0.2) is 74.3 Å². The molecule has 1 aromatic heterocycles. The summed E-state index contributed by atoms with van der Waals surface area (Å²) in [7, 11) is 1.69. The van der Waals surface area contributed by atoms with Crippen molar-refractivity contribution in [1.82, 2.24) is 14.9 Å². The molecule has 0 radical (unpaired) electrons. The molecule has 2 aliphatic heterocycles. The average molecular weight is 412 g/mol. The van der Waals surface area contributed by atoms with E-state index in [1.807, 2.05) is 12.1 Å². The first kappa shape index (κ1) is 20.5. The third kappa shape index (κ3) is 4.87. The van der Waals surface area contributed by atoms with Crippen molar-refractivity contribution < 1.29 is 4.74 Å². The fourth-order valence-electron chi connectivity index (χ4n) is 4.26. The van der Waals surface area contributed by atoms with Gasteiger partial charge in [0.25, 0.3) is 0 Å². The van der Waals surface area contributed by atoms with E-state index in [0.717, 1.165) is 56.7 Å². The summed E-state index contributed by atoms with van der Waals surface area (Å²) in [6.07, 6.45) is 5.59. The molecular weight excluding hydrogens is 378 g/mol. The highest BCUT2D eigenvalue weighted by molar-refractivity contribution is 5.75. The highest BCUT2D eigenvalue weighted by atomic mass is 16.5. The number of likely N-dealkylation sites (tertiary alicyclic amines) is 1. The Morgan fingerprint density at radius 2 is 1.63 bits per heavy atom. The molecule has 2 aliphatic rings. The Kier molecular flexibility index (Phi) is 6.74. The van der Waals surface area contributed by atoms with Crippen molar-refractivity contribution in [1.29, 1.82) is 0 Å². The van der Waals surface area contributed by atoms with Gasteiger partial charge in [0.2, 0.25) is 0 Å². The van der Waals surface area contributed by atoms with E-state index >= 15 is 0 Å². The van der Waals surface area contributed by atoms with Gasteiger partial charge in [-0.2, -0.15) is 0 Å². The smallest absolute Gasteiger partial charge is 0.157 e. The van der Waals surface area contributed by atoms with E-state index in [0.29, 0.717) is 5.69 Å². The number of piperidine rings is 1. The molecule has 4 rings (SSSR count). The van der Waals surface area contributed by atoms with Gasteiger partial charge in [-0.3, -0.25) is 0 Å². The van der Waals surface area contributed by atoms with Crippen LogP contribution in [-0.2, 0) is 0 Å². The Balaban J connectivity index is 1.32. The fraction of sp³-hybridized carbons (Fsp3) is 0.545. The number of anilines is 4. The number of nitrogens with one attached hydrogen (secondary N) is 1. The van der Waals surface area contributed by atoms with Crippen LogP contribution in [0.5, 0.6) is 5.75 Å². The number of benzene rings is 1. The van der Waals surface area contributed by atoms with Gasteiger partial charge >= 0.3 is 0 Å². The van der Waals surface area contributed by atoms with Gasteiger partial charge in [0.1, 0.15) is 17.8 Å². The summed E-state index contributed by atoms with van der Waals surface area (Å²) >= 11 is 0. The maximum absolute atomic E-state index is 6.44. The molecule has 3 N–H and O–H groups in total. The molecule has 0 unspecified atom stereocenters. The highest BCUT2D eigenvalue weighted by Crippen LogP contribution is 2.28. The molecule has 2 fully saturated rings. The first-order chi connectivity index (χ1) is 14.7. The summed E-state index contributed by atoms with van der Waals surface area (Å²) in [5.74, 6) is 2.46. The van der Waals surface area contributed by atoms with Crippen molar-refractivity contribution in [3.63, 3.8) is 0 Å². The second-order valence-electron chi connectivity index (χ2n) is 7.96. The number of piperazine rings is 1.